The lowest BCUT2D eigenvalue weighted by atomic mass is 10.1. The Kier molecular flexibility index (Phi) is 35.5. The molecule has 0 saturated carbocycles. The number of hydrogen-bond donors (Lipinski definition) is 0. The Balaban J connectivity index is 3.43. The summed E-state index contributed by atoms with van der Waals surface area (Å²) >= 11 is 0. The van der Waals surface area contributed by atoms with E-state index in [2.05, 4.69) is 50.0 Å². The number of ether oxygens (including phenoxy) is 2. The zero-order chi connectivity index (χ0) is 32.0. The lowest BCUT2D eigenvalue weighted by Crippen LogP contribution is -2.06. The molecule has 0 bridgehead atoms. The summed E-state index contributed by atoms with van der Waals surface area (Å²) in [4.78, 5) is 23.5. The molecule has 0 spiro atoms. The first-order valence-electron chi connectivity index (χ1n) is 18.9. The van der Waals surface area contributed by atoms with E-state index in [1.165, 1.54) is 141 Å². The van der Waals surface area contributed by atoms with E-state index in [1.54, 1.807) is 0 Å². The molecule has 44 heavy (non-hydrogen) atoms. The third kappa shape index (κ3) is 36.2. The maximum atomic E-state index is 11.7. The Morgan fingerprint density at radius 1 is 0.386 bits per heavy atom. The standard InChI is InChI=1S/C40H70O4/c1-3-5-7-9-11-13-15-17-19-21-23-25-27-29-31-33-37-43-39(41)35-36-40(42)44-38-34-32-30-28-26-24-22-20-18-16-14-12-10-8-6-4-2/h17-20H,3-16,21-34,37-38H2,1-2H3/b19-17-,20-18-. The summed E-state index contributed by atoms with van der Waals surface area (Å²) in [5.74, 6) is 3.20. The van der Waals surface area contributed by atoms with E-state index >= 15 is 0 Å². The molecule has 0 saturated heterocycles. The van der Waals surface area contributed by atoms with Crippen LogP contribution in [0.2, 0.25) is 0 Å². The van der Waals surface area contributed by atoms with Gasteiger partial charge in [0.25, 0.3) is 0 Å². The highest BCUT2D eigenvalue weighted by molar-refractivity contribution is 5.98. The predicted octanol–water partition coefficient (Wildman–Crippen LogP) is 12.2. The van der Waals surface area contributed by atoms with Gasteiger partial charge in [0.15, 0.2) is 0 Å². The molecule has 254 valence electrons. The van der Waals surface area contributed by atoms with Gasteiger partial charge in [-0.3, -0.25) is 0 Å². The van der Waals surface area contributed by atoms with E-state index in [0.29, 0.717) is 13.2 Å². The van der Waals surface area contributed by atoms with Crippen molar-refractivity contribution < 1.29 is 19.1 Å². The normalized spacial score (nSPS) is 11.2. The first kappa shape index (κ1) is 42.0. The molecule has 0 aliphatic rings. The molecule has 0 N–H and O–H groups in total. The fourth-order valence-electron chi connectivity index (χ4n) is 5.20. The molecule has 0 aromatic heterocycles. The molecule has 0 atom stereocenters. The number of esters is 2. The topological polar surface area (TPSA) is 52.6 Å². The van der Waals surface area contributed by atoms with Gasteiger partial charge in [0.05, 0.1) is 13.2 Å². The van der Waals surface area contributed by atoms with Crippen molar-refractivity contribution in [3.8, 4) is 11.8 Å². The molecule has 0 heterocycles. The predicted molar refractivity (Wildman–Crippen MR) is 189 cm³/mol. The first-order valence-corrected chi connectivity index (χ1v) is 18.9. The molecule has 0 fully saturated rings. The lowest BCUT2D eigenvalue weighted by Gasteiger charge is -2.02. The zero-order valence-corrected chi connectivity index (χ0v) is 29.2. The Bertz CT molecular complexity index is 682. The molecule has 0 aromatic carbocycles. The van der Waals surface area contributed by atoms with E-state index in [-0.39, 0.29) is 0 Å². The lowest BCUT2D eigenvalue weighted by molar-refractivity contribution is -0.138. The highest BCUT2D eigenvalue weighted by Gasteiger charge is 2.01. The van der Waals surface area contributed by atoms with Crippen molar-refractivity contribution in [1.82, 2.24) is 0 Å². The minimum atomic E-state index is -0.646. The number of unbranched alkanes of at least 4 members (excludes halogenated alkanes) is 24. The number of allylic oxidation sites excluding steroid dienone is 4. The van der Waals surface area contributed by atoms with Gasteiger partial charge in [-0.1, -0.05) is 154 Å². The summed E-state index contributed by atoms with van der Waals surface area (Å²) < 4.78 is 10.2. The van der Waals surface area contributed by atoms with Gasteiger partial charge in [-0.25, -0.2) is 9.59 Å². The summed E-state index contributed by atoms with van der Waals surface area (Å²) in [6.45, 7) is 5.25. The van der Waals surface area contributed by atoms with Crippen LogP contribution in [0.5, 0.6) is 0 Å². The van der Waals surface area contributed by atoms with E-state index < -0.39 is 11.9 Å². The van der Waals surface area contributed by atoms with E-state index in [0.717, 1.165) is 38.5 Å². The van der Waals surface area contributed by atoms with Crippen LogP contribution in [0.3, 0.4) is 0 Å². The van der Waals surface area contributed by atoms with Crippen LogP contribution in [-0.4, -0.2) is 25.2 Å². The minimum Gasteiger partial charge on any atom is -0.456 e. The number of carbonyl (C=O) groups is 2. The van der Waals surface area contributed by atoms with Crippen molar-refractivity contribution in [2.75, 3.05) is 13.2 Å². The summed E-state index contributed by atoms with van der Waals surface area (Å²) in [6, 6.07) is 0. The van der Waals surface area contributed by atoms with Crippen LogP contribution >= 0.6 is 0 Å². The molecule has 0 unspecified atom stereocenters. The van der Waals surface area contributed by atoms with Gasteiger partial charge in [-0.05, 0) is 64.2 Å². The summed E-state index contributed by atoms with van der Waals surface area (Å²) in [5, 5.41) is 0. The Hall–Kier alpha value is -2.02. The van der Waals surface area contributed by atoms with Crippen molar-refractivity contribution in [2.45, 2.75) is 194 Å². The molecule has 0 aromatic rings. The molecule has 4 nitrogen and oxygen atoms in total. The minimum absolute atomic E-state index is 0.360. The van der Waals surface area contributed by atoms with Crippen LogP contribution in [0.15, 0.2) is 24.3 Å². The molecular formula is C40H70O4. The van der Waals surface area contributed by atoms with E-state index in [9.17, 15) is 9.59 Å². The third-order valence-corrected chi connectivity index (χ3v) is 8.05. The summed E-state index contributed by atoms with van der Waals surface area (Å²) in [5.41, 5.74) is 0. The van der Waals surface area contributed by atoms with Gasteiger partial charge < -0.3 is 9.47 Å². The summed E-state index contributed by atoms with van der Waals surface area (Å²) in [6.07, 6.45) is 44.2. The van der Waals surface area contributed by atoms with Crippen LogP contribution in [0.1, 0.15) is 194 Å². The second kappa shape index (κ2) is 37.2. The van der Waals surface area contributed by atoms with Crippen LogP contribution in [0.25, 0.3) is 0 Å². The first-order chi connectivity index (χ1) is 21.7. The molecule has 4 heteroatoms. The van der Waals surface area contributed by atoms with Crippen LogP contribution in [0, 0.1) is 11.8 Å². The molecule has 0 radical (unpaired) electrons. The SMILES string of the molecule is CCCCCCCC/C=C\CCCCCCCCOC(=O)C#CC(=O)OCCCCCCCC/C=C\CCCCCCCC. The maximum absolute atomic E-state index is 11.7. The molecule has 0 aliphatic carbocycles. The van der Waals surface area contributed by atoms with Gasteiger partial charge in [0.2, 0.25) is 0 Å². The second-order valence-electron chi connectivity index (χ2n) is 12.4. The number of hydrogen-bond acceptors (Lipinski definition) is 4. The van der Waals surface area contributed by atoms with Crippen molar-refractivity contribution in [3.63, 3.8) is 0 Å². The van der Waals surface area contributed by atoms with Crippen molar-refractivity contribution >= 4 is 11.9 Å². The van der Waals surface area contributed by atoms with Gasteiger partial charge in [0.1, 0.15) is 0 Å². The Morgan fingerprint density at radius 3 is 0.932 bits per heavy atom. The number of carbonyl (C=O) groups excluding carboxylic acids is 2. The summed E-state index contributed by atoms with van der Waals surface area (Å²) in [7, 11) is 0. The molecule has 0 rings (SSSR count). The largest absolute Gasteiger partial charge is 0.456 e. The highest BCUT2D eigenvalue weighted by Crippen LogP contribution is 2.11. The van der Waals surface area contributed by atoms with Gasteiger partial charge in [-0.2, -0.15) is 0 Å². The Labute approximate surface area is 273 Å². The highest BCUT2D eigenvalue weighted by atomic mass is 16.5. The quantitative estimate of drug-likeness (QED) is 0.0249. The molecular weight excluding hydrogens is 544 g/mol. The number of rotatable bonds is 32. The molecule has 0 amide bonds. The van der Waals surface area contributed by atoms with E-state index in [4.69, 9.17) is 9.47 Å². The van der Waals surface area contributed by atoms with Gasteiger partial charge in [0, 0.05) is 11.8 Å². The average molecular weight is 615 g/mol. The maximum Gasteiger partial charge on any atom is 0.384 e. The van der Waals surface area contributed by atoms with Gasteiger partial charge >= 0.3 is 11.9 Å². The van der Waals surface area contributed by atoms with Gasteiger partial charge in [-0.15, -0.1) is 0 Å². The third-order valence-electron chi connectivity index (χ3n) is 8.05. The van der Waals surface area contributed by atoms with Crippen LogP contribution in [-0.2, 0) is 19.1 Å². The second-order valence-corrected chi connectivity index (χ2v) is 12.4. The average Bonchev–Trinajstić information content (AvgIpc) is 3.03. The fraction of sp³-hybridized carbons (Fsp3) is 0.800. The van der Waals surface area contributed by atoms with Crippen molar-refractivity contribution in [1.29, 1.82) is 0 Å². The fourth-order valence-corrected chi connectivity index (χ4v) is 5.20. The monoisotopic (exact) mass is 615 g/mol. The van der Waals surface area contributed by atoms with Crippen molar-refractivity contribution in [3.05, 3.63) is 24.3 Å². The Morgan fingerprint density at radius 2 is 0.636 bits per heavy atom. The van der Waals surface area contributed by atoms with E-state index in [1.807, 2.05) is 0 Å². The van der Waals surface area contributed by atoms with Crippen molar-refractivity contribution in [2.24, 2.45) is 0 Å². The van der Waals surface area contributed by atoms with Crippen LogP contribution < -0.4 is 0 Å². The zero-order valence-electron chi connectivity index (χ0n) is 29.2. The molecule has 0 aliphatic heterocycles. The van der Waals surface area contributed by atoms with Crippen LogP contribution in [0.4, 0.5) is 0 Å². The smallest absolute Gasteiger partial charge is 0.384 e.